The van der Waals surface area contributed by atoms with Crippen LogP contribution in [0.1, 0.15) is 26.3 Å². The van der Waals surface area contributed by atoms with E-state index in [1.54, 1.807) is 7.11 Å². The number of rotatable bonds is 5. The number of methoxy groups -OCH3 is 1. The van der Waals surface area contributed by atoms with Crippen LogP contribution in [0.3, 0.4) is 0 Å². The summed E-state index contributed by atoms with van der Waals surface area (Å²) in [6, 6.07) is 7.33. The number of carbonyl (C=O) groups is 1. The molecule has 20 heavy (non-hydrogen) atoms. The Morgan fingerprint density at radius 2 is 2.05 bits per heavy atom. The molecular formula is C15H25ClN2O2. The van der Waals surface area contributed by atoms with Crippen LogP contribution in [-0.2, 0) is 11.2 Å². The van der Waals surface area contributed by atoms with Crippen LogP contribution in [0.25, 0.3) is 0 Å². The Morgan fingerprint density at radius 3 is 2.60 bits per heavy atom. The van der Waals surface area contributed by atoms with Gasteiger partial charge in [-0.15, -0.1) is 12.4 Å². The van der Waals surface area contributed by atoms with E-state index in [1.165, 1.54) is 0 Å². The lowest BCUT2D eigenvalue weighted by Crippen LogP contribution is -2.48. The molecule has 4 nitrogen and oxygen atoms in total. The van der Waals surface area contributed by atoms with Crippen LogP contribution < -0.4 is 15.8 Å². The minimum atomic E-state index is -0.488. The zero-order chi connectivity index (χ0) is 14.5. The zero-order valence-electron chi connectivity index (χ0n) is 12.6. The van der Waals surface area contributed by atoms with Crippen molar-refractivity contribution in [3.8, 4) is 5.75 Å². The molecule has 0 aromatic heterocycles. The molecule has 1 aromatic rings. The Labute approximate surface area is 127 Å². The molecule has 114 valence electrons. The fourth-order valence-electron chi connectivity index (χ4n) is 1.66. The van der Waals surface area contributed by atoms with E-state index in [0.717, 1.165) is 17.7 Å². The van der Waals surface area contributed by atoms with E-state index in [1.807, 2.05) is 45.0 Å². The van der Waals surface area contributed by atoms with E-state index in [-0.39, 0.29) is 23.7 Å². The predicted octanol–water partition coefficient (Wildman–Crippen LogP) is 2.15. The lowest BCUT2D eigenvalue weighted by Gasteiger charge is -2.25. The summed E-state index contributed by atoms with van der Waals surface area (Å²) in [5.74, 6) is 0.727. The maximum atomic E-state index is 11.8. The predicted molar refractivity (Wildman–Crippen MR) is 84.4 cm³/mol. The van der Waals surface area contributed by atoms with E-state index in [0.29, 0.717) is 6.54 Å². The Kier molecular flexibility index (Phi) is 7.61. The standard InChI is InChI=1S/C15H24N2O2.ClH/c1-15(2,3)13(16)14(18)17-9-8-11-6-5-7-12(10-11)19-4;/h5-7,10,13H,8-9,16H2,1-4H3,(H,17,18);1H/t13-;/m1./s1. The monoisotopic (exact) mass is 300 g/mol. The van der Waals surface area contributed by atoms with Gasteiger partial charge in [-0.1, -0.05) is 32.9 Å². The van der Waals surface area contributed by atoms with E-state index in [4.69, 9.17) is 10.5 Å². The van der Waals surface area contributed by atoms with Crippen molar-refractivity contribution in [1.29, 1.82) is 0 Å². The maximum absolute atomic E-state index is 11.8. The van der Waals surface area contributed by atoms with Crippen molar-refractivity contribution in [2.45, 2.75) is 33.2 Å². The van der Waals surface area contributed by atoms with Crippen LogP contribution in [0.2, 0.25) is 0 Å². The summed E-state index contributed by atoms with van der Waals surface area (Å²) in [5, 5.41) is 2.87. The maximum Gasteiger partial charge on any atom is 0.237 e. The van der Waals surface area contributed by atoms with Crippen molar-refractivity contribution in [2.75, 3.05) is 13.7 Å². The molecule has 0 aliphatic heterocycles. The van der Waals surface area contributed by atoms with Crippen molar-refractivity contribution >= 4 is 18.3 Å². The molecular weight excluding hydrogens is 276 g/mol. The Bertz CT molecular complexity index is 430. The molecule has 0 saturated heterocycles. The number of hydrogen-bond acceptors (Lipinski definition) is 3. The van der Waals surface area contributed by atoms with Gasteiger partial charge in [0, 0.05) is 6.54 Å². The Morgan fingerprint density at radius 1 is 1.40 bits per heavy atom. The summed E-state index contributed by atoms with van der Waals surface area (Å²) in [6.45, 7) is 6.45. The molecule has 0 aliphatic rings. The normalized spacial score (nSPS) is 12.2. The molecule has 0 radical (unpaired) electrons. The molecule has 0 unspecified atom stereocenters. The van der Waals surface area contributed by atoms with E-state index < -0.39 is 6.04 Å². The molecule has 0 heterocycles. The topological polar surface area (TPSA) is 64.3 Å². The molecule has 1 aromatic carbocycles. The van der Waals surface area contributed by atoms with Gasteiger partial charge in [0.15, 0.2) is 0 Å². The highest BCUT2D eigenvalue weighted by atomic mass is 35.5. The number of hydrogen-bond donors (Lipinski definition) is 2. The SMILES string of the molecule is COc1cccc(CCNC(=O)[C@@H](N)C(C)(C)C)c1.Cl. The summed E-state index contributed by atoms with van der Waals surface area (Å²) < 4.78 is 5.16. The van der Waals surface area contributed by atoms with Gasteiger partial charge in [-0.05, 0) is 29.5 Å². The summed E-state index contributed by atoms with van der Waals surface area (Å²) in [6.07, 6.45) is 0.764. The molecule has 0 aliphatic carbocycles. The lowest BCUT2D eigenvalue weighted by atomic mass is 9.87. The quantitative estimate of drug-likeness (QED) is 0.876. The van der Waals surface area contributed by atoms with Crippen molar-refractivity contribution in [2.24, 2.45) is 11.1 Å². The van der Waals surface area contributed by atoms with Gasteiger partial charge in [-0.3, -0.25) is 4.79 Å². The number of halogens is 1. The van der Waals surface area contributed by atoms with Crippen molar-refractivity contribution in [3.63, 3.8) is 0 Å². The average Bonchev–Trinajstić information content (AvgIpc) is 2.37. The summed E-state index contributed by atoms with van der Waals surface area (Å²) in [5.41, 5.74) is 6.79. The molecule has 1 rings (SSSR count). The highest BCUT2D eigenvalue weighted by Gasteiger charge is 2.26. The van der Waals surface area contributed by atoms with E-state index in [2.05, 4.69) is 5.32 Å². The number of nitrogens with two attached hydrogens (primary N) is 1. The zero-order valence-corrected chi connectivity index (χ0v) is 13.4. The van der Waals surface area contributed by atoms with Gasteiger partial charge in [-0.2, -0.15) is 0 Å². The van der Waals surface area contributed by atoms with E-state index >= 15 is 0 Å². The van der Waals surface area contributed by atoms with Crippen LogP contribution in [0, 0.1) is 5.41 Å². The first-order valence-electron chi connectivity index (χ1n) is 6.51. The van der Waals surface area contributed by atoms with Gasteiger partial charge in [0.05, 0.1) is 13.2 Å². The number of ether oxygens (including phenoxy) is 1. The first-order valence-corrected chi connectivity index (χ1v) is 6.51. The van der Waals surface area contributed by atoms with Gasteiger partial charge in [0.1, 0.15) is 5.75 Å². The molecule has 3 N–H and O–H groups in total. The van der Waals surface area contributed by atoms with Gasteiger partial charge < -0.3 is 15.8 Å². The Balaban J connectivity index is 0.00000361. The lowest BCUT2D eigenvalue weighted by molar-refractivity contribution is -0.124. The third-order valence-corrected chi connectivity index (χ3v) is 3.06. The van der Waals surface area contributed by atoms with Crippen LogP contribution >= 0.6 is 12.4 Å². The molecule has 0 spiro atoms. The number of amides is 1. The number of nitrogens with one attached hydrogen (secondary N) is 1. The molecule has 1 amide bonds. The van der Waals surface area contributed by atoms with Crippen LogP contribution in [0.4, 0.5) is 0 Å². The number of carbonyl (C=O) groups excluding carboxylic acids is 1. The van der Waals surface area contributed by atoms with Gasteiger partial charge in [-0.25, -0.2) is 0 Å². The average molecular weight is 301 g/mol. The second-order valence-corrected chi connectivity index (χ2v) is 5.74. The van der Waals surface area contributed by atoms with Gasteiger partial charge in [0.2, 0.25) is 5.91 Å². The minimum Gasteiger partial charge on any atom is -0.497 e. The third-order valence-electron chi connectivity index (χ3n) is 3.06. The molecule has 1 atom stereocenters. The van der Waals surface area contributed by atoms with Crippen molar-refractivity contribution < 1.29 is 9.53 Å². The largest absolute Gasteiger partial charge is 0.497 e. The second-order valence-electron chi connectivity index (χ2n) is 5.74. The second kappa shape index (κ2) is 8.12. The number of benzene rings is 1. The van der Waals surface area contributed by atoms with Crippen LogP contribution in [0.5, 0.6) is 5.75 Å². The smallest absolute Gasteiger partial charge is 0.237 e. The fourth-order valence-corrected chi connectivity index (χ4v) is 1.66. The van der Waals surface area contributed by atoms with Gasteiger partial charge in [0.25, 0.3) is 0 Å². The van der Waals surface area contributed by atoms with Crippen LogP contribution in [-0.4, -0.2) is 25.6 Å². The van der Waals surface area contributed by atoms with Crippen LogP contribution in [0.15, 0.2) is 24.3 Å². The van der Waals surface area contributed by atoms with Gasteiger partial charge >= 0.3 is 0 Å². The summed E-state index contributed by atoms with van der Waals surface area (Å²) in [4.78, 5) is 11.8. The molecule has 5 heteroatoms. The Hall–Kier alpha value is -1.26. The highest BCUT2D eigenvalue weighted by molar-refractivity contribution is 5.85. The molecule has 0 fully saturated rings. The summed E-state index contributed by atoms with van der Waals surface area (Å²) >= 11 is 0. The molecule has 0 saturated carbocycles. The highest BCUT2D eigenvalue weighted by Crippen LogP contribution is 2.17. The third kappa shape index (κ3) is 5.80. The fraction of sp³-hybridized carbons (Fsp3) is 0.533. The van der Waals surface area contributed by atoms with E-state index in [9.17, 15) is 4.79 Å². The van der Waals surface area contributed by atoms with Crippen molar-refractivity contribution in [3.05, 3.63) is 29.8 Å². The summed E-state index contributed by atoms with van der Waals surface area (Å²) in [7, 11) is 1.64. The minimum absolute atomic E-state index is 0. The first-order chi connectivity index (χ1) is 8.84. The molecule has 0 bridgehead atoms. The first kappa shape index (κ1) is 18.7. The van der Waals surface area contributed by atoms with Crippen molar-refractivity contribution in [1.82, 2.24) is 5.32 Å².